The molecule has 5 rings (SSSR count). The van der Waals surface area contributed by atoms with Crippen LogP contribution in [0, 0.1) is 40.9 Å². The third kappa shape index (κ3) is 2.66. The number of unbranched alkanes of at least 4 members (excludes halogenated alkanes) is 1. The molecule has 26 heavy (non-hydrogen) atoms. The van der Waals surface area contributed by atoms with E-state index in [2.05, 4.69) is 61.6 Å². The molecule has 1 N–H and O–H groups in total. The number of hydrogen-bond acceptors (Lipinski definition) is 1. The Hall–Kier alpha value is -1.83. The molecule has 2 heteroatoms. The van der Waals surface area contributed by atoms with E-state index < -0.39 is 5.97 Å². The molecular weight excluding hydrogens is 320 g/mol. The van der Waals surface area contributed by atoms with Gasteiger partial charge in [-0.2, -0.15) is 0 Å². The van der Waals surface area contributed by atoms with Crippen LogP contribution in [0.2, 0.25) is 0 Å². The summed E-state index contributed by atoms with van der Waals surface area (Å²) in [4.78, 5) is 12.0. The Bertz CT molecular complexity index is 695. The first kappa shape index (κ1) is 17.6. The number of carbonyl (C=O) groups is 1. The molecule has 2 nitrogen and oxygen atoms in total. The second kappa shape index (κ2) is 7.06. The summed E-state index contributed by atoms with van der Waals surface area (Å²) in [6, 6.07) is 0. The predicted octanol–water partition coefficient (Wildman–Crippen LogP) is 5.56. The van der Waals surface area contributed by atoms with Gasteiger partial charge in [-0.1, -0.05) is 67.7 Å². The van der Waals surface area contributed by atoms with E-state index in [0.29, 0.717) is 24.2 Å². The van der Waals surface area contributed by atoms with E-state index in [0.717, 1.165) is 31.1 Å². The predicted molar refractivity (Wildman–Crippen MR) is 105 cm³/mol. The molecule has 7 unspecified atom stereocenters. The maximum Gasteiger partial charge on any atom is 0.307 e. The third-order valence-electron chi connectivity index (χ3n) is 7.27. The first-order valence-corrected chi connectivity index (χ1v) is 10.3. The van der Waals surface area contributed by atoms with Crippen molar-refractivity contribution in [3.8, 4) is 0 Å². The monoisotopic (exact) mass is 350 g/mol. The van der Waals surface area contributed by atoms with Crippen LogP contribution in [0.1, 0.15) is 39.0 Å². The highest BCUT2D eigenvalue weighted by molar-refractivity contribution is 5.73. The summed E-state index contributed by atoms with van der Waals surface area (Å²) in [6.45, 7) is 2.13. The highest BCUT2D eigenvalue weighted by Crippen LogP contribution is 2.85. The highest BCUT2D eigenvalue weighted by atomic mass is 16.4. The summed E-state index contributed by atoms with van der Waals surface area (Å²) in [6.07, 6.45) is 26.5. The molecule has 5 aliphatic rings. The van der Waals surface area contributed by atoms with Crippen LogP contribution in [0.5, 0.6) is 0 Å². The molecule has 4 fully saturated rings. The molecule has 0 radical (unpaired) electrons. The number of allylic oxidation sites excluding steroid dienone is 10. The van der Waals surface area contributed by atoms with Gasteiger partial charge in [0.05, 0.1) is 5.92 Å². The summed E-state index contributed by atoms with van der Waals surface area (Å²) in [5.41, 5.74) is -0.00707. The van der Waals surface area contributed by atoms with Crippen molar-refractivity contribution in [3.05, 3.63) is 60.8 Å². The quantitative estimate of drug-likeness (QED) is 0.318. The van der Waals surface area contributed by atoms with Crippen LogP contribution in [0.25, 0.3) is 0 Å². The molecule has 0 spiro atoms. The van der Waals surface area contributed by atoms with Gasteiger partial charge in [0, 0.05) is 5.41 Å². The van der Waals surface area contributed by atoms with Crippen LogP contribution < -0.4 is 0 Å². The van der Waals surface area contributed by atoms with Gasteiger partial charge in [0.25, 0.3) is 0 Å². The minimum atomic E-state index is -0.594. The number of carboxylic acid groups (broad SMARTS) is 1. The third-order valence-corrected chi connectivity index (χ3v) is 7.27. The summed E-state index contributed by atoms with van der Waals surface area (Å²) in [7, 11) is 0. The van der Waals surface area contributed by atoms with Crippen molar-refractivity contribution >= 4 is 5.97 Å². The van der Waals surface area contributed by atoms with Crippen molar-refractivity contribution < 1.29 is 9.90 Å². The molecule has 5 aliphatic carbocycles. The van der Waals surface area contributed by atoms with Gasteiger partial charge in [0.2, 0.25) is 0 Å². The van der Waals surface area contributed by atoms with Crippen LogP contribution in [0.3, 0.4) is 0 Å². The van der Waals surface area contributed by atoms with Crippen LogP contribution in [0.15, 0.2) is 60.8 Å². The average Bonchev–Trinajstić information content (AvgIpc) is 2.91. The zero-order valence-corrected chi connectivity index (χ0v) is 15.6. The van der Waals surface area contributed by atoms with Gasteiger partial charge >= 0.3 is 5.97 Å². The lowest BCUT2D eigenvalue weighted by atomic mass is 9.68. The van der Waals surface area contributed by atoms with Gasteiger partial charge in [0.15, 0.2) is 0 Å². The first-order valence-electron chi connectivity index (χ1n) is 10.3. The Morgan fingerprint density at radius 1 is 1.15 bits per heavy atom. The van der Waals surface area contributed by atoms with Gasteiger partial charge < -0.3 is 5.11 Å². The molecule has 6 bridgehead atoms. The SMILES string of the molecule is CCC=CC=CC=CCCC=CCC(C(=O)O)C12C=CC3C4C(CC31)C42. The second-order valence-corrected chi connectivity index (χ2v) is 8.37. The number of hydrogen-bond donors (Lipinski definition) is 1. The van der Waals surface area contributed by atoms with Gasteiger partial charge in [-0.15, -0.1) is 0 Å². The molecular formula is C24H30O2. The lowest BCUT2D eigenvalue weighted by molar-refractivity contribution is -0.146. The van der Waals surface area contributed by atoms with E-state index in [-0.39, 0.29) is 11.3 Å². The van der Waals surface area contributed by atoms with Crippen molar-refractivity contribution in [1.29, 1.82) is 0 Å². The molecule has 7 atom stereocenters. The lowest BCUT2D eigenvalue weighted by Crippen LogP contribution is -2.36. The summed E-state index contributed by atoms with van der Waals surface area (Å²) >= 11 is 0. The topological polar surface area (TPSA) is 37.3 Å². The molecule has 0 saturated heterocycles. The minimum absolute atomic E-state index is 0.00707. The van der Waals surface area contributed by atoms with Gasteiger partial charge in [0.1, 0.15) is 0 Å². The van der Waals surface area contributed by atoms with Crippen molar-refractivity contribution in [2.24, 2.45) is 40.9 Å². The average molecular weight is 351 g/mol. The van der Waals surface area contributed by atoms with Crippen LogP contribution >= 0.6 is 0 Å². The van der Waals surface area contributed by atoms with E-state index in [1.807, 2.05) is 6.08 Å². The summed E-state index contributed by atoms with van der Waals surface area (Å²) in [5, 5.41) is 9.89. The summed E-state index contributed by atoms with van der Waals surface area (Å²) in [5.74, 6) is 2.89. The molecule has 138 valence electrons. The van der Waals surface area contributed by atoms with Crippen molar-refractivity contribution in [2.75, 3.05) is 0 Å². The molecule has 0 aromatic heterocycles. The smallest absolute Gasteiger partial charge is 0.307 e. The van der Waals surface area contributed by atoms with E-state index in [1.165, 1.54) is 6.42 Å². The lowest BCUT2D eigenvalue weighted by Gasteiger charge is -2.34. The van der Waals surface area contributed by atoms with E-state index >= 15 is 0 Å². The fraction of sp³-hybridized carbons (Fsp3) is 0.542. The molecule has 0 aromatic carbocycles. The summed E-state index contributed by atoms with van der Waals surface area (Å²) < 4.78 is 0. The molecule has 0 aliphatic heterocycles. The maximum atomic E-state index is 12.0. The van der Waals surface area contributed by atoms with Crippen LogP contribution in [-0.4, -0.2) is 11.1 Å². The fourth-order valence-corrected chi connectivity index (χ4v) is 6.40. The van der Waals surface area contributed by atoms with Crippen LogP contribution in [0.4, 0.5) is 0 Å². The minimum Gasteiger partial charge on any atom is -0.481 e. The molecule has 0 heterocycles. The zero-order valence-electron chi connectivity index (χ0n) is 15.6. The highest BCUT2D eigenvalue weighted by Gasteiger charge is 2.82. The Morgan fingerprint density at radius 3 is 2.58 bits per heavy atom. The normalized spacial score (nSPS) is 40.1. The Kier molecular flexibility index (Phi) is 4.77. The van der Waals surface area contributed by atoms with Gasteiger partial charge in [-0.05, 0) is 61.7 Å². The largest absolute Gasteiger partial charge is 0.481 e. The van der Waals surface area contributed by atoms with E-state index in [4.69, 9.17) is 0 Å². The Labute approximate surface area is 157 Å². The van der Waals surface area contributed by atoms with Crippen molar-refractivity contribution in [2.45, 2.75) is 39.0 Å². The number of rotatable bonds is 10. The van der Waals surface area contributed by atoms with Gasteiger partial charge in [-0.3, -0.25) is 4.79 Å². The fourth-order valence-electron chi connectivity index (χ4n) is 6.40. The number of aliphatic carboxylic acids is 1. The number of carboxylic acids is 1. The van der Waals surface area contributed by atoms with Crippen molar-refractivity contribution in [1.82, 2.24) is 0 Å². The standard InChI is InChI=1S/C24H30O2/c1-2-3-4-5-6-7-8-9-10-11-12-13-19(23(25)26)24-15-14-17-20(24)16-18-21(17)22(18)24/h3-8,11-12,14-15,17-22H,2,9-10,13,16H2,1H3,(H,25,26). The second-order valence-electron chi connectivity index (χ2n) is 8.37. The first-order chi connectivity index (χ1) is 12.7. The molecule has 0 aromatic rings. The molecule has 4 saturated carbocycles. The Balaban J connectivity index is 1.26. The Morgan fingerprint density at radius 2 is 1.92 bits per heavy atom. The van der Waals surface area contributed by atoms with Crippen LogP contribution in [-0.2, 0) is 4.79 Å². The van der Waals surface area contributed by atoms with E-state index in [1.54, 1.807) is 0 Å². The van der Waals surface area contributed by atoms with Crippen molar-refractivity contribution in [3.63, 3.8) is 0 Å². The molecule has 0 amide bonds. The zero-order chi connectivity index (χ0) is 18.1. The van der Waals surface area contributed by atoms with Gasteiger partial charge in [-0.25, -0.2) is 0 Å². The maximum absolute atomic E-state index is 12.0. The van der Waals surface area contributed by atoms with E-state index in [9.17, 15) is 9.90 Å².